The van der Waals surface area contributed by atoms with Gasteiger partial charge in [0.15, 0.2) is 0 Å². The van der Waals surface area contributed by atoms with Gasteiger partial charge >= 0.3 is 5.97 Å². The van der Waals surface area contributed by atoms with E-state index in [2.05, 4.69) is 4.74 Å². The van der Waals surface area contributed by atoms with Crippen molar-refractivity contribution in [3.8, 4) is 0 Å². The molecule has 0 aliphatic heterocycles. The lowest BCUT2D eigenvalue weighted by molar-refractivity contribution is -0.141. The largest absolute Gasteiger partial charge is 0.469 e. The van der Waals surface area contributed by atoms with Gasteiger partial charge in [-0.25, -0.2) is 0 Å². The van der Waals surface area contributed by atoms with Crippen LogP contribution in [0.1, 0.15) is 29.5 Å². The summed E-state index contributed by atoms with van der Waals surface area (Å²) in [6, 6.07) is 1.43. The third-order valence-electron chi connectivity index (χ3n) is 2.16. The van der Waals surface area contributed by atoms with Gasteiger partial charge in [-0.2, -0.15) is 0 Å². The highest BCUT2D eigenvalue weighted by atomic mass is 35.5. The Bertz CT molecular complexity index is 316. The third kappa shape index (κ3) is 3.57. The minimum Gasteiger partial charge on any atom is -0.469 e. The van der Waals surface area contributed by atoms with Crippen molar-refractivity contribution in [2.45, 2.75) is 26.3 Å². The molecule has 1 heterocycles. The molecular formula is C10H16ClNO3. The molecule has 0 saturated carbocycles. The van der Waals surface area contributed by atoms with Gasteiger partial charge in [0.2, 0.25) is 0 Å². The van der Waals surface area contributed by atoms with Crippen LogP contribution in [0.25, 0.3) is 0 Å². The topological polar surface area (TPSA) is 65.5 Å². The molecule has 0 fully saturated rings. The highest BCUT2D eigenvalue weighted by Crippen LogP contribution is 2.20. The minimum absolute atomic E-state index is 0. The molecule has 0 aromatic carbocycles. The zero-order valence-electron chi connectivity index (χ0n) is 9.07. The SMILES string of the molecule is COC(=O)C[C@@H](N)c1cc(C)c(C)o1.Cl. The van der Waals surface area contributed by atoms with Gasteiger partial charge in [0, 0.05) is 0 Å². The van der Waals surface area contributed by atoms with Crippen molar-refractivity contribution >= 4 is 18.4 Å². The van der Waals surface area contributed by atoms with Crippen LogP contribution in [0.3, 0.4) is 0 Å². The van der Waals surface area contributed by atoms with Crippen LogP contribution in [-0.4, -0.2) is 13.1 Å². The Balaban J connectivity index is 0.00000196. The Labute approximate surface area is 95.2 Å². The summed E-state index contributed by atoms with van der Waals surface area (Å²) in [6.45, 7) is 3.80. The van der Waals surface area contributed by atoms with Crippen LogP contribution in [0.2, 0.25) is 0 Å². The summed E-state index contributed by atoms with van der Waals surface area (Å²) in [5.74, 6) is 1.13. The first kappa shape index (κ1) is 14.0. The van der Waals surface area contributed by atoms with Crippen LogP contribution in [-0.2, 0) is 9.53 Å². The maximum Gasteiger partial charge on any atom is 0.307 e. The van der Waals surface area contributed by atoms with Crippen LogP contribution in [0.15, 0.2) is 10.5 Å². The number of nitrogens with two attached hydrogens (primary N) is 1. The molecule has 1 aromatic heterocycles. The first-order valence-corrected chi connectivity index (χ1v) is 4.44. The van der Waals surface area contributed by atoms with Crippen molar-refractivity contribution in [2.75, 3.05) is 7.11 Å². The van der Waals surface area contributed by atoms with E-state index in [9.17, 15) is 4.79 Å². The van der Waals surface area contributed by atoms with E-state index in [1.807, 2.05) is 19.9 Å². The Hall–Kier alpha value is -1.00. The van der Waals surface area contributed by atoms with Crippen LogP contribution >= 0.6 is 12.4 Å². The fourth-order valence-corrected chi connectivity index (χ4v) is 1.15. The first-order chi connectivity index (χ1) is 6.54. The Kier molecular flexibility index (Phi) is 5.39. The van der Waals surface area contributed by atoms with Gasteiger partial charge in [0.1, 0.15) is 11.5 Å². The van der Waals surface area contributed by atoms with Crippen LogP contribution in [0, 0.1) is 13.8 Å². The summed E-state index contributed by atoms with van der Waals surface area (Å²) in [6.07, 6.45) is 0.142. The quantitative estimate of drug-likeness (QED) is 0.810. The van der Waals surface area contributed by atoms with Crippen molar-refractivity contribution < 1.29 is 13.9 Å². The molecular weight excluding hydrogens is 218 g/mol. The predicted octanol–water partition coefficient (Wildman–Crippen LogP) is 1.88. The molecule has 0 amide bonds. The molecule has 1 aromatic rings. The lowest BCUT2D eigenvalue weighted by Crippen LogP contribution is -2.15. The number of hydrogen-bond donors (Lipinski definition) is 1. The molecule has 0 spiro atoms. The summed E-state index contributed by atoms with van der Waals surface area (Å²) in [5.41, 5.74) is 6.80. The zero-order valence-corrected chi connectivity index (χ0v) is 9.89. The van der Waals surface area contributed by atoms with Crippen molar-refractivity contribution in [2.24, 2.45) is 5.73 Å². The molecule has 4 nitrogen and oxygen atoms in total. The number of furan rings is 1. The van der Waals surface area contributed by atoms with Crippen molar-refractivity contribution in [3.05, 3.63) is 23.2 Å². The highest BCUT2D eigenvalue weighted by Gasteiger charge is 2.16. The number of aryl methyl sites for hydroxylation is 2. The molecule has 86 valence electrons. The number of methoxy groups -OCH3 is 1. The smallest absolute Gasteiger partial charge is 0.307 e. The second-order valence-electron chi connectivity index (χ2n) is 3.27. The molecule has 0 aliphatic rings. The first-order valence-electron chi connectivity index (χ1n) is 4.44. The molecule has 1 rings (SSSR count). The minimum atomic E-state index is -0.421. The molecule has 0 unspecified atom stereocenters. The van der Waals surface area contributed by atoms with Gasteiger partial charge in [-0.15, -0.1) is 12.4 Å². The number of rotatable bonds is 3. The average molecular weight is 234 g/mol. The van der Waals surface area contributed by atoms with Gasteiger partial charge in [-0.05, 0) is 25.5 Å². The van der Waals surface area contributed by atoms with Crippen LogP contribution < -0.4 is 5.73 Å². The van der Waals surface area contributed by atoms with E-state index >= 15 is 0 Å². The maximum absolute atomic E-state index is 10.9. The summed E-state index contributed by atoms with van der Waals surface area (Å²) in [7, 11) is 1.34. The molecule has 0 bridgehead atoms. The summed E-state index contributed by atoms with van der Waals surface area (Å²) >= 11 is 0. The van der Waals surface area contributed by atoms with Crippen molar-refractivity contribution in [3.63, 3.8) is 0 Å². The number of ether oxygens (including phenoxy) is 1. The second-order valence-corrected chi connectivity index (χ2v) is 3.27. The lowest BCUT2D eigenvalue weighted by Gasteiger charge is -2.06. The number of carbonyl (C=O) groups excluding carboxylic acids is 1. The van der Waals surface area contributed by atoms with E-state index in [-0.39, 0.29) is 24.8 Å². The molecule has 0 radical (unpaired) electrons. The Morgan fingerprint density at radius 3 is 2.60 bits per heavy atom. The lowest BCUT2D eigenvalue weighted by atomic mass is 10.1. The van der Waals surface area contributed by atoms with E-state index in [1.165, 1.54) is 7.11 Å². The standard InChI is InChI=1S/C10H15NO3.ClH/c1-6-4-9(14-7(6)2)8(11)5-10(12)13-3;/h4,8H,5,11H2,1-3H3;1H/t8-;/m1./s1. The maximum atomic E-state index is 10.9. The van der Waals surface area contributed by atoms with Gasteiger partial charge in [0.25, 0.3) is 0 Å². The van der Waals surface area contributed by atoms with Crippen LogP contribution in [0.5, 0.6) is 0 Å². The molecule has 0 aliphatic carbocycles. The van der Waals surface area contributed by atoms with E-state index in [0.29, 0.717) is 5.76 Å². The molecule has 2 N–H and O–H groups in total. The molecule has 1 atom stereocenters. The molecule has 5 heteroatoms. The number of hydrogen-bond acceptors (Lipinski definition) is 4. The normalized spacial score (nSPS) is 11.7. The fourth-order valence-electron chi connectivity index (χ4n) is 1.15. The monoisotopic (exact) mass is 233 g/mol. The van der Waals surface area contributed by atoms with Gasteiger partial charge in [0.05, 0.1) is 19.6 Å². The molecule has 0 saturated heterocycles. The van der Waals surface area contributed by atoms with Gasteiger partial charge < -0.3 is 14.9 Å². The highest BCUT2D eigenvalue weighted by molar-refractivity contribution is 5.85. The summed E-state index contributed by atoms with van der Waals surface area (Å²) in [4.78, 5) is 10.9. The Morgan fingerprint density at radius 2 is 2.20 bits per heavy atom. The number of carbonyl (C=O) groups is 1. The molecule has 15 heavy (non-hydrogen) atoms. The van der Waals surface area contributed by atoms with Crippen LogP contribution in [0.4, 0.5) is 0 Å². The third-order valence-corrected chi connectivity index (χ3v) is 2.16. The number of esters is 1. The van der Waals surface area contributed by atoms with E-state index in [0.717, 1.165) is 11.3 Å². The Morgan fingerprint density at radius 1 is 1.60 bits per heavy atom. The zero-order chi connectivity index (χ0) is 10.7. The van der Waals surface area contributed by atoms with Crippen molar-refractivity contribution in [1.82, 2.24) is 0 Å². The fraction of sp³-hybridized carbons (Fsp3) is 0.500. The van der Waals surface area contributed by atoms with E-state index in [4.69, 9.17) is 10.2 Å². The summed E-state index contributed by atoms with van der Waals surface area (Å²) in [5, 5.41) is 0. The van der Waals surface area contributed by atoms with Gasteiger partial charge in [-0.1, -0.05) is 0 Å². The van der Waals surface area contributed by atoms with E-state index < -0.39 is 6.04 Å². The van der Waals surface area contributed by atoms with E-state index in [1.54, 1.807) is 0 Å². The van der Waals surface area contributed by atoms with Gasteiger partial charge in [-0.3, -0.25) is 4.79 Å². The second kappa shape index (κ2) is 5.78. The number of halogens is 1. The average Bonchev–Trinajstić information content (AvgIpc) is 2.47. The van der Waals surface area contributed by atoms with Crippen molar-refractivity contribution in [1.29, 1.82) is 0 Å². The summed E-state index contributed by atoms with van der Waals surface area (Å²) < 4.78 is 9.91. The predicted molar refractivity (Wildman–Crippen MR) is 59.0 cm³/mol.